The van der Waals surface area contributed by atoms with E-state index >= 15 is 0 Å². The van der Waals surface area contributed by atoms with Gasteiger partial charge in [-0.05, 0) is 30.5 Å². The van der Waals surface area contributed by atoms with Gasteiger partial charge in [-0.3, -0.25) is 4.79 Å². The molecule has 0 saturated heterocycles. The van der Waals surface area contributed by atoms with Crippen LogP contribution in [0.25, 0.3) is 0 Å². The number of benzene rings is 2. The Labute approximate surface area is 124 Å². The smallest absolute Gasteiger partial charge is 0.255 e. The second-order valence-corrected chi connectivity index (χ2v) is 5.01. The van der Waals surface area contributed by atoms with Crippen molar-refractivity contribution >= 4 is 5.91 Å². The monoisotopic (exact) mass is 285 g/mol. The maximum atomic E-state index is 12.2. The van der Waals surface area contributed by atoms with Crippen LogP contribution in [0.15, 0.2) is 48.5 Å². The molecule has 0 aliphatic rings. The highest BCUT2D eigenvalue weighted by Crippen LogP contribution is 2.21. The van der Waals surface area contributed by atoms with Crippen molar-refractivity contribution in [1.29, 1.82) is 0 Å². The molecular formula is C17H19NO3. The summed E-state index contributed by atoms with van der Waals surface area (Å²) in [6.07, 6.45) is 0.537. The zero-order valence-corrected chi connectivity index (χ0v) is 11.9. The van der Waals surface area contributed by atoms with E-state index in [0.29, 0.717) is 12.0 Å². The SMILES string of the molecule is Cc1cccc(C(=O)N[C@H](CO)Cc2ccccc2)c1O. The fourth-order valence-corrected chi connectivity index (χ4v) is 2.17. The lowest BCUT2D eigenvalue weighted by atomic mass is 10.1. The number of carbonyl (C=O) groups excluding carboxylic acids is 1. The molecule has 21 heavy (non-hydrogen) atoms. The predicted molar refractivity (Wildman–Crippen MR) is 81.3 cm³/mol. The standard InChI is InChI=1S/C17H19NO3/c1-12-6-5-9-15(16(12)20)17(21)18-14(11-19)10-13-7-3-2-4-8-13/h2-9,14,19-20H,10-11H2,1H3,(H,18,21)/t14-/m0/s1. The number of amides is 1. The fraction of sp³-hybridized carbons (Fsp3) is 0.235. The van der Waals surface area contributed by atoms with Crippen molar-refractivity contribution in [3.8, 4) is 5.75 Å². The number of hydrogen-bond acceptors (Lipinski definition) is 3. The minimum atomic E-state index is -0.389. The van der Waals surface area contributed by atoms with E-state index < -0.39 is 0 Å². The van der Waals surface area contributed by atoms with Gasteiger partial charge in [0.05, 0.1) is 18.2 Å². The summed E-state index contributed by atoms with van der Waals surface area (Å²) in [7, 11) is 0. The second kappa shape index (κ2) is 6.90. The van der Waals surface area contributed by atoms with Crippen molar-refractivity contribution in [3.05, 3.63) is 65.2 Å². The van der Waals surface area contributed by atoms with Gasteiger partial charge in [-0.15, -0.1) is 0 Å². The molecule has 0 aliphatic carbocycles. The lowest BCUT2D eigenvalue weighted by Gasteiger charge is -2.17. The van der Waals surface area contributed by atoms with Crippen molar-refractivity contribution < 1.29 is 15.0 Å². The Morgan fingerprint density at radius 3 is 2.52 bits per heavy atom. The summed E-state index contributed by atoms with van der Waals surface area (Å²) in [5, 5.41) is 22.1. The molecule has 0 radical (unpaired) electrons. The van der Waals surface area contributed by atoms with Gasteiger partial charge in [0, 0.05) is 0 Å². The highest BCUT2D eigenvalue weighted by molar-refractivity contribution is 5.97. The van der Waals surface area contributed by atoms with Crippen LogP contribution in [-0.4, -0.2) is 28.8 Å². The van der Waals surface area contributed by atoms with E-state index in [9.17, 15) is 15.0 Å². The summed E-state index contributed by atoms with van der Waals surface area (Å²) in [6.45, 7) is 1.58. The number of hydrogen-bond donors (Lipinski definition) is 3. The van der Waals surface area contributed by atoms with E-state index in [1.807, 2.05) is 30.3 Å². The number of phenols is 1. The van der Waals surface area contributed by atoms with Gasteiger partial charge in [0.25, 0.3) is 5.91 Å². The lowest BCUT2D eigenvalue weighted by Crippen LogP contribution is -2.39. The van der Waals surface area contributed by atoms with Gasteiger partial charge < -0.3 is 15.5 Å². The van der Waals surface area contributed by atoms with Crippen LogP contribution in [0.3, 0.4) is 0 Å². The van der Waals surface area contributed by atoms with Gasteiger partial charge >= 0.3 is 0 Å². The number of para-hydroxylation sites is 1. The van der Waals surface area contributed by atoms with Crippen molar-refractivity contribution in [2.45, 2.75) is 19.4 Å². The highest BCUT2D eigenvalue weighted by Gasteiger charge is 2.17. The molecule has 2 rings (SSSR count). The van der Waals surface area contributed by atoms with Gasteiger partial charge in [0.15, 0.2) is 0 Å². The average molecular weight is 285 g/mol. The Bertz CT molecular complexity index is 611. The van der Waals surface area contributed by atoms with Crippen LogP contribution in [0, 0.1) is 6.92 Å². The van der Waals surface area contributed by atoms with Crippen molar-refractivity contribution in [2.75, 3.05) is 6.61 Å². The Balaban J connectivity index is 2.08. The third kappa shape index (κ3) is 3.83. The molecule has 4 heteroatoms. The first-order valence-electron chi connectivity index (χ1n) is 6.86. The van der Waals surface area contributed by atoms with Crippen molar-refractivity contribution in [1.82, 2.24) is 5.32 Å². The van der Waals surface area contributed by atoms with Crippen LogP contribution in [0.2, 0.25) is 0 Å². The molecule has 0 unspecified atom stereocenters. The number of nitrogens with one attached hydrogen (secondary N) is 1. The Kier molecular flexibility index (Phi) is 4.95. The highest BCUT2D eigenvalue weighted by atomic mass is 16.3. The maximum Gasteiger partial charge on any atom is 0.255 e. The van der Waals surface area contributed by atoms with E-state index in [2.05, 4.69) is 5.32 Å². The van der Waals surface area contributed by atoms with Gasteiger partial charge in [0.2, 0.25) is 0 Å². The number of phenolic OH excluding ortho intramolecular Hbond substituents is 1. The number of carbonyl (C=O) groups is 1. The molecule has 0 aromatic heterocycles. The Morgan fingerprint density at radius 1 is 1.14 bits per heavy atom. The maximum absolute atomic E-state index is 12.2. The lowest BCUT2D eigenvalue weighted by molar-refractivity contribution is 0.0913. The topological polar surface area (TPSA) is 69.6 Å². The second-order valence-electron chi connectivity index (χ2n) is 5.01. The van der Waals surface area contributed by atoms with E-state index in [1.165, 1.54) is 0 Å². The summed E-state index contributed by atoms with van der Waals surface area (Å²) in [4.78, 5) is 12.2. The van der Waals surface area contributed by atoms with Crippen LogP contribution < -0.4 is 5.32 Å². The van der Waals surface area contributed by atoms with Crippen molar-refractivity contribution in [2.24, 2.45) is 0 Å². The number of aromatic hydroxyl groups is 1. The minimum Gasteiger partial charge on any atom is -0.507 e. The summed E-state index contributed by atoms with van der Waals surface area (Å²) in [6, 6.07) is 14.3. The van der Waals surface area contributed by atoms with Gasteiger partial charge in [-0.2, -0.15) is 0 Å². The number of aliphatic hydroxyl groups is 1. The van der Waals surface area contributed by atoms with Crippen LogP contribution in [0.5, 0.6) is 5.75 Å². The first kappa shape index (κ1) is 15.1. The zero-order chi connectivity index (χ0) is 15.2. The summed E-state index contributed by atoms with van der Waals surface area (Å²) < 4.78 is 0. The quantitative estimate of drug-likeness (QED) is 0.787. The molecular weight excluding hydrogens is 266 g/mol. The predicted octanol–water partition coefficient (Wildman–Crippen LogP) is 2.03. The Morgan fingerprint density at radius 2 is 1.86 bits per heavy atom. The molecule has 1 atom stereocenters. The van der Waals surface area contributed by atoms with Crippen LogP contribution in [-0.2, 0) is 6.42 Å². The summed E-state index contributed by atoms with van der Waals surface area (Å²) in [5.41, 5.74) is 1.90. The van der Waals surface area contributed by atoms with E-state index in [4.69, 9.17) is 0 Å². The molecule has 2 aromatic rings. The molecule has 0 fully saturated rings. The summed E-state index contributed by atoms with van der Waals surface area (Å²) >= 11 is 0. The molecule has 1 amide bonds. The minimum absolute atomic E-state index is 0.0219. The van der Waals surface area contributed by atoms with Gasteiger partial charge in [-0.25, -0.2) is 0 Å². The van der Waals surface area contributed by atoms with Gasteiger partial charge in [-0.1, -0.05) is 42.5 Å². The number of aliphatic hydroxyl groups excluding tert-OH is 1. The molecule has 0 saturated carbocycles. The molecule has 0 spiro atoms. The van der Waals surface area contributed by atoms with E-state index in [0.717, 1.165) is 5.56 Å². The van der Waals surface area contributed by atoms with E-state index in [-0.39, 0.29) is 29.9 Å². The van der Waals surface area contributed by atoms with Crippen molar-refractivity contribution in [3.63, 3.8) is 0 Å². The average Bonchev–Trinajstić information content (AvgIpc) is 2.50. The Hall–Kier alpha value is -2.33. The molecule has 110 valence electrons. The third-order valence-corrected chi connectivity index (χ3v) is 3.36. The largest absolute Gasteiger partial charge is 0.507 e. The molecule has 0 aliphatic heterocycles. The molecule has 0 bridgehead atoms. The number of aryl methyl sites for hydroxylation is 1. The van der Waals surface area contributed by atoms with Crippen LogP contribution >= 0.6 is 0 Å². The first-order chi connectivity index (χ1) is 10.1. The first-order valence-corrected chi connectivity index (χ1v) is 6.86. The zero-order valence-electron chi connectivity index (χ0n) is 11.9. The van der Waals surface area contributed by atoms with E-state index in [1.54, 1.807) is 25.1 Å². The van der Waals surface area contributed by atoms with Crippen LogP contribution in [0.1, 0.15) is 21.5 Å². The molecule has 4 nitrogen and oxygen atoms in total. The molecule has 3 N–H and O–H groups in total. The third-order valence-electron chi connectivity index (χ3n) is 3.36. The number of rotatable bonds is 5. The fourth-order valence-electron chi connectivity index (χ4n) is 2.17. The molecule has 2 aromatic carbocycles. The van der Waals surface area contributed by atoms with Gasteiger partial charge in [0.1, 0.15) is 5.75 Å². The summed E-state index contributed by atoms with van der Waals surface area (Å²) in [5.74, 6) is -0.405. The molecule has 0 heterocycles. The normalized spacial score (nSPS) is 11.9. The van der Waals surface area contributed by atoms with Crippen LogP contribution in [0.4, 0.5) is 0 Å².